The number of hydrogen-bond donors (Lipinski definition) is 0. The molecule has 0 amide bonds. The molecule has 1 aromatic heterocycles. The third-order valence-electron chi connectivity index (χ3n) is 5.27. The molecule has 7 heteroatoms. The fourth-order valence-corrected chi connectivity index (χ4v) is 3.76. The zero-order chi connectivity index (χ0) is 20.6. The summed E-state index contributed by atoms with van der Waals surface area (Å²) < 4.78 is 51.6. The largest absolute Gasteiger partial charge is 0.419 e. The van der Waals surface area contributed by atoms with Gasteiger partial charge >= 0.3 is 6.18 Å². The Kier molecular flexibility index (Phi) is 5.08. The number of halogens is 4. The van der Waals surface area contributed by atoms with E-state index in [1.54, 1.807) is 0 Å². The van der Waals surface area contributed by atoms with E-state index in [4.69, 9.17) is 0 Å². The second-order valence-corrected chi connectivity index (χ2v) is 7.34. The lowest BCUT2D eigenvalue weighted by atomic mass is 9.86. The number of nitrogens with zero attached hydrogens (tertiary/aromatic N) is 3. The molecule has 3 aromatic rings. The molecule has 2 heterocycles. The maximum Gasteiger partial charge on any atom is 0.419 e. The van der Waals surface area contributed by atoms with Crippen molar-refractivity contribution in [2.24, 2.45) is 0 Å². The van der Waals surface area contributed by atoms with E-state index < -0.39 is 11.7 Å². The first-order chi connectivity index (χ1) is 13.8. The van der Waals surface area contributed by atoms with E-state index in [0.717, 1.165) is 42.0 Å². The van der Waals surface area contributed by atoms with Crippen molar-refractivity contribution in [1.82, 2.24) is 14.9 Å². The van der Waals surface area contributed by atoms with Crippen LogP contribution in [0.5, 0.6) is 0 Å². The summed E-state index contributed by atoms with van der Waals surface area (Å²) in [6.07, 6.45) is -1.95. The molecule has 0 saturated carbocycles. The minimum Gasteiger partial charge on any atom is -0.302 e. The van der Waals surface area contributed by atoms with Crippen LogP contribution >= 0.6 is 0 Å². The molecule has 29 heavy (non-hydrogen) atoms. The maximum atomic E-state index is 13.3. The highest BCUT2D eigenvalue weighted by Crippen LogP contribution is 2.36. The van der Waals surface area contributed by atoms with Gasteiger partial charge in [-0.3, -0.25) is 0 Å². The summed E-state index contributed by atoms with van der Waals surface area (Å²) in [5.74, 6) is 0.110. The summed E-state index contributed by atoms with van der Waals surface area (Å²) in [4.78, 5) is 10.0. The van der Waals surface area contributed by atoms with Crippen molar-refractivity contribution >= 4 is 0 Å². The number of fused-ring (bicyclic) bond motifs is 1. The van der Waals surface area contributed by atoms with Crippen molar-refractivity contribution in [2.75, 3.05) is 13.6 Å². The van der Waals surface area contributed by atoms with Crippen molar-refractivity contribution in [3.63, 3.8) is 0 Å². The smallest absolute Gasteiger partial charge is 0.302 e. The maximum absolute atomic E-state index is 13.3. The van der Waals surface area contributed by atoms with Gasteiger partial charge in [-0.2, -0.15) is 13.2 Å². The molecule has 1 aliphatic heterocycles. The molecular formula is C22H19F4N3. The molecule has 1 unspecified atom stereocenters. The third kappa shape index (κ3) is 4.15. The molecule has 0 fully saturated rings. The fourth-order valence-electron chi connectivity index (χ4n) is 3.76. The Balaban J connectivity index is 1.71. The van der Waals surface area contributed by atoms with Gasteiger partial charge in [-0.05, 0) is 54.9 Å². The van der Waals surface area contributed by atoms with Crippen molar-refractivity contribution in [2.45, 2.75) is 25.1 Å². The highest BCUT2D eigenvalue weighted by molar-refractivity contribution is 5.58. The van der Waals surface area contributed by atoms with Crippen molar-refractivity contribution < 1.29 is 17.6 Å². The van der Waals surface area contributed by atoms with Gasteiger partial charge in [0.05, 0.1) is 5.56 Å². The topological polar surface area (TPSA) is 29.0 Å². The molecule has 1 aliphatic rings. The normalized spacial score (nSPS) is 17.6. The van der Waals surface area contributed by atoms with Gasteiger partial charge < -0.3 is 4.90 Å². The quantitative estimate of drug-likeness (QED) is 0.548. The van der Waals surface area contributed by atoms with Crippen LogP contribution in [0.4, 0.5) is 17.6 Å². The van der Waals surface area contributed by atoms with Crippen LogP contribution in [0.1, 0.15) is 34.6 Å². The Bertz CT molecular complexity index is 998. The first-order valence-electron chi connectivity index (χ1n) is 9.28. The van der Waals surface area contributed by atoms with Crippen LogP contribution in [-0.2, 0) is 12.7 Å². The number of hydrogen-bond acceptors (Lipinski definition) is 3. The molecule has 150 valence electrons. The Morgan fingerprint density at radius 3 is 2.34 bits per heavy atom. The van der Waals surface area contributed by atoms with Crippen LogP contribution < -0.4 is 0 Å². The third-order valence-corrected chi connectivity index (χ3v) is 5.27. The number of alkyl halides is 3. The second-order valence-electron chi connectivity index (χ2n) is 7.34. The zero-order valence-corrected chi connectivity index (χ0v) is 15.7. The average Bonchev–Trinajstić information content (AvgIpc) is 2.86. The molecule has 0 radical (unpaired) electrons. The first-order valence-corrected chi connectivity index (χ1v) is 9.28. The molecule has 2 aromatic carbocycles. The van der Waals surface area contributed by atoms with Crippen LogP contribution in [0.25, 0.3) is 11.4 Å². The Labute approximate surface area is 166 Å². The van der Waals surface area contributed by atoms with Gasteiger partial charge in [0.1, 0.15) is 5.82 Å². The molecule has 0 saturated heterocycles. The summed E-state index contributed by atoms with van der Waals surface area (Å²) in [7, 11) is 2.03. The molecular weight excluding hydrogens is 382 g/mol. The molecule has 0 aliphatic carbocycles. The number of rotatable bonds is 2. The average molecular weight is 401 g/mol. The van der Waals surface area contributed by atoms with Gasteiger partial charge in [-0.15, -0.1) is 0 Å². The van der Waals surface area contributed by atoms with Crippen molar-refractivity contribution in [3.05, 3.63) is 82.9 Å². The van der Waals surface area contributed by atoms with E-state index in [0.29, 0.717) is 12.1 Å². The molecule has 0 N–H and O–H groups in total. The Morgan fingerprint density at radius 1 is 1.00 bits per heavy atom. The van der Waals surface area contributed by atoms with Gasteiger partial charge in [0.25, 0.3) is 0 Å². The molecule has 4 rings (SSSR count). The van der Waals surface area contributed by atoms with E-state index in [-0.39, 0.29) is 17.6 Å². The van der Waals surface area contributed by atoms with E-state index in [9.17, 15) is 17.6 Å². The first kappa shape index (κ1) is 19.5. The van der Waals surface area contributed by atoms with Crippen LogP contribution in [0.15, 0.2) is 54.9 Å². The number of aromatic nitrogens is 2. The lowest BCUT2D eigenvalue weighted by molar-refractivity contribution is -0.138. The summed E-state index contributed by atoms with van der Waals surface area (Å²) in [6, 6.07) is 12.3. The van der Waals surface area contributed by atoms with Gasteiger partial charge in [0.2, 0.25) is 0 Å². The lowest BCUT2D eigenvalue weighted by Crippen LogP contribution is -2.17. The Morgan fingerprint density at radius 2 is 1.69 bits per heavy atom. The second kappa shape index (κ2) is 7.55. The highest BCUT2D eigenvalue weighted by atomic mass is 19.4. The van der Waals surface area contributed by atoms with E-state index >= 15 is 0 Å². The lowest BCUT2D eigenvalue weighted by Gasteiger charge is -2.18. The van der Waals surface area contributed by atoms with Crippen LogP contribution in [0, 0.1) is 5.82 Å². The van der Waals surface area contributed by atoms with Gasteiger partial charge in [-0.1, -0.05) is 24.3 Å². The zero-order valence-electron chi connectivity index (χ0n) is 15.7. The summed E-state index contributed by atoms with van der Waals surface area (Å²) in [5.41, 5.74) is 3.05. The number of benzene rings is 2. The van der Waals surface area contributed by atoms with Gasteiger partial charge in [-0.25, -0.2) is 14.4 Å². The van der Waals surface area contributed by atoms with Crippen LogP contribution in [0.2, 0.25) is 0 Å². The molecule has 3 nitrogen and oxygen atoms in total. The Hall–Kier alpha value is -2.80. The minimum atomic E-state index is -4.46. The SMILES string of the molecule is CN1CCC(c2ccc(F)cc2)c2ccc(-c3ncc(C(F)(F)F)cn3)cc2C1. The van der Waals surface area contributed by atoms with E-state index in [1.807, 2.05) is 37.4 Å². The van der Waals surface area contributed by atoms with Crippen LogP contribution in [-0.4, -0.2) is 28.5 Å². The van der Waals surface area contributed by atoms with E-state index in [2.05, 4.69) is 14.9 Å². The van der Waals surface area contributed by atoms with Gasteiger partial charge in [0, 0.05) is 30.4 Å². The molecule has 0 spiro atoms. The monoisotopic (exact) mass is 401 g/mol. The summed E-state index contributed by atoms with van der Waals surface area (Å²) in [5, 5.41) is 0. The van der Waals surface area contributed by atoms with E-state index in [1.165, 1.54) is 12.1 Å². The van der Waals surface area contributed by atoms with Crippen LogP contribution in [0.3, 0.4) is 0 Å². The van der Waals surface area contributed by atoms with Crippen molar-refractivity contribution in [3.8, 4) is 11.4 Å². The van der Waals surface area contributed by atoms with Gasteiger partial charge in [0.15, 0.2) is 5.82 Å². The minimum absolute atomic E-state index is 0.123. The summed E-state index contributed by atoms with van der Waals surface area (Å²) in [6.45, 7) is 1.59. The molecule has 1 atom stereocenters. The highest BCUT2D eigenvalue weighted by Gasteiger charge is 2.31. The fraction of sp³-hybridized carbons (Fsp3) is 0.273. The predicted octanol–water partition coefficient (Wildman–Crippen LogP) is 5.27. The van der Waals surface area contributed by atoms with Crippen molar-refractivity contribution in [1.29, 1.82) is 0 Å². The summed E-state index contributed by atoms with van der Waals surface area (Å²) >= 11 is 0. The standard InChI is InChI=1S/C22H19F4N3/c1-29-9-8-20(14-2-5-18(23)6-3-14)19-7-4-15(10-16(19)13-29)21-27-11-17(12-28-21)22(24,25)26/h2-7,10-12,20H,8-9,13H2,1H3. The predicted molar refractivity (Wildman–Crippen MR) is 102 cm³/mol. The molecule has 0 bridgehead atoms.